The van der Waals surface area contributed by atoms with Gasteiger partial charge in [-0.2, -0.15) is 0 Å². The predicted octanol–water partition coefficient (Wildman–Crippen LogP) is 3.55. The van der Waals surface area contributed by atoms with Crippen molar-refractivity contribution in [3.63, 3.8) is 0 Å². The van der Waals surface area contributed by atoms with E-state index in [1.807, 2.05) is 16.8 Å². The molecule has 1 fully saturated rings. The standard InChI is InChI=1S/C22H27N5O/c1-17-12-14-26(15-13-17)21(19-6-4-3-5-7-19)22-23-24-25-27(22)16-18-8-10-20(28-2)11-9-18/h3-11,17,21H,12-16H2,1-2H3. The molecule has 4 rings (SSSR count). The molecule has 2 heterocycles. The van der Waals surface area contributed by atoms with Crippen molar-refractivity contribution in [3.8, 4) is 5.75 Å². The predicted molar refractivity (Wildman–Crippen MR) is 108 cm³/mol. The summed E-state index contributed by atoms with van der Waals surface area (Å²) in [5.41, 5.74) is 2.39. The summed E-state index contributed by atoms with van der Waals surface area (Å²) in [6.45, 7) is 5.11. The van der Waals surface area contributed by atoms with Gasteiger partial charge in [-0.25, -0.2) is 4.68 Å². The smallest absolute Gasteiger partial charge is 0.173 e. The topological polar surface area (TPSA) is 56.1 Å². The summed E-state index contributed by atoms with van der Waals surface area (Å²) in [7, 11) is 1.68. The molecule has 0 N–H and O–H groups in total. The zero-order chi connectivity index (χ0) is 19.3. The van der Waals surface area contributed by atoms with E-state index in [0.717, 1.165) is 36.1 Å². The second-order valence-electron chi connectivity index (χ2n) is 7.57. The number of methoxy groups -OCH3 is 1. The molecule has 0 spiro atoms. The van der Waals surface area contributed by atoms with Gasteiger partial charge in [0.25, 0.3) is 0 Å². The minimum Gasteiger partial charge on any atom is -0.497 e. The molecule has 6 heteroatoms. The van der Waals surface area contributed by atoms with Gasteiger partial charge in [-0.3, -0.25) is 4.90 Å². The maximum atomic E-state index is 5.26. The number of ether oxygens (including phenoxy) is 1. The Labute approximate surface area is 166 Å². The van der Waals surface area contributed by atoms with E-state index in [4.69, 9.17) is 4.74 Å². The van der Waals surface area contributed by atoms with E-state index >= 15 is 0 Å². The summed E-state index contributed by atoms with van der Waals surface area (Å²) in [6.07, 6.45) is 2.42. The van der Waals surface area contributed by atoms with Gasteiger partial charge in [-0.1, -0.05) is 49.4 Å². The lowest BCUT2D eigenvalue weighted by molar-refractivity contribution is 0.150. The minimum atomic E-state index is 0.0712. The molecule has 0 amide bonds. The first-order chi connectivity index (χ1) is 13.7. The summed E-state index contributed by atoms with van der Waals surface area (Å²) in [6, 6.07) is 18.7. The highest BCUT2D eigenvalue weighted by atomic mass is 16.5. The molecule has 1 unspecified atom stereocenters. The van der Waals surface area contributed by atoms with Crippen LogP contribution in [-0.4, -0.2) is 45.3 Å². The molecule has 0 saturated carbocycles. The molecule has 1 saturated heterocycles. The van der Waals surface area contributed by atoms with Crippen molar-refractivity contribution in [3.05, 3.63) is 71.5 Å². The van der Waals surface area contributed by atoms with Crippen LogP contribution in [0, 0.1) is 5.92 Å². The fourth-order valence-electron chi connectivity index (χ4n) is 3.87. The number of rotatable bonds is 6. The second kappa shape index (κ2) is 8.52. The van der Waals surface area contributed by atoms with Crippen LogP contribution in [0.15, 0.2) is 54.6 Å². The first-order valence-corrected chi connectivity index (χ1v) is 9.92. The molecule has 146 valence electrons. The van der Waals surface area contributed by atoms with E-state index in [0.29, 0.717) is 6.54 Å². The van der Waals surface area contributed by atoms with Gasteiger partial charge in [0.15, 0.2) is 5.82 Å². The SMILES string of the molecule is COc1ccc(Cn2nnnc2C(c2ccccc2)N2CCC(C)CC2)cc1. The van der Waals surface area contributed by atoms with Crippen LogP contribution in [0.1, 0.15) is 42.8 Å². The van der Waals surface area contributed by atoms with Crippen molar-refractivity contribution in [2.24, 2.45) is 5.92 Å². The Morgan fingerprint density at radius 2 is 1.75 bits per heavy atom. The minimum absolute atomic E-state index is 0.0712. The van der Waals surface area contributed by atoms with Gasteiger partial charge < -0.3 is 4.74 Å². The highest BCUT2D eigenvalue weighted by molar-refractivity contribution is 5.28. The molecule has 1 aliphatic rings. The Balaban J connectivity index is 1.64. The van der Waals surface area contributed by atoms with Crippen LogP contribution in [0.3, 0.4) is 0 Å². The third-order valence-corrected chi connectivity index (χ3v) is 5.59. The van der Waals surface area contributed by atoms with E-state index < -0.39 is 0 Å². The van der Waals surface area contributed by atoms with E-state index in [-0.39, 0.29) is 6.04 Å². The average Bonchev–Trinajstić information content (AvgIpc) is 3.19. The number of benzene rings is 2. The summed E-state index contributed by atoms with van der Waals surface area (Å²) < 4.78 is 7.19. The van der Waals surface area contributed by atoms with Gasteiger partial charge in [-0.05, 0) is 65.5 Å². The van der Waals surface area contributed by atoms with Crippen LogP contribution in [0.2, 0.25) is 0 Å². The van der Waals surface area contributed by atoms with Crippen molar-refractivity contribution in [1.29, 1.82) is 0 Å². The molecule has 1 aliphatic heterocycles. The summed E-state index contributed by atoms with van der Waals surface area (Å²) in [4.78, 5) is 2.52. The van der Waals surface area contributed by atoms with Crippen LogP contribution in [0.25, 0.3) is 0 Å². The lowest BCUT2D eigenvalue weighted by Gasteiger charge is -2.36. The van der Waals surface area contributed by atoms with Gasteiger partial charge in [0, 0.05) is 0 Å². The lowest BCUT2D eigenvalue weighted by Crippen LogP contribution is -2.38. The van der Waals surface area contributed by atoms with Crippen LogP contribution < -0.4 is 4.74 Å². The van der Waals surface area contributed by atoms with Crippen molar-refractivity contribution >= 4 is 0 Å². The molecule has 2 aromatic carbocycles. The van der Waals surface area contributed by atoms with Crippen molar-refractivity contribution in [2.75, 3.05) is 20.2 Å². The second-order valence-corrected chi connectivity index (χ2v) is 7.57. The molecular formula is C22H27N5O. The van der Waals surface area contributed by atoms with E-state index in [1.165, 1.54) is 18.4 Å². The van der Waals surface area contributed by atoms with Gasteiger partial charge in [-0.15, -0.1) is 5.10 Å². The third kappa shape index (κ3) is 4.07. The number of hydrogen-bond donors (Lipinski definition) is 0. The van der Waals surface area contributed by atoms with Crippen LogP contribution in [0.4, 0.5) is 0 Å². The average molecular weight is 377 g/mol. The highest BCUT2D eigenvalue weighted by Crippen LogP contribution is 2.31. The van der Waals surface area contributed by atoms with Gasteiger partial charge in [0.1, 0.15) is 5.75 Å². The molecule has 28 heavy (non-hydrogen) atoms. The maximum absolute atomic E-state index is 5.26. The highest BCUT2D eigenvalue weighted by Gasteiger charge is 2.30. The third-order valence-electron chi connectivity index (χ3n) is 5.59. The largest absolute Gasteiger partial charge is 0.497 e. The Bertz CT molecular complexity index is 869. The zero-order valence-corrected chi connectivity index (χ0v) is 16.5. The van der Waals surface area contributed by atoms with Crippen molar-refractivity contribution in [2.45, 2.75) is 32.4 Å². The first kappa shape index (κ1) is 18.6. The number of aromatic nitrogens is 4. The summed E-state index contributed by atoms with van der Waals surface area (Å²) in [5, 5.41) is 12.8. The molecule has 0 radical (unpaired) electrons. The number of nitrogens with zero attached hydrogens (tertiary/aromatic N) is 5. The molecule has 1 atom stereocenters. The fourth-order valence-corrected chi connectivity index (χ4v) is 3.87. The quantitative estimate of drug-likeness (QED) is 0.657. The van der Waals surface area contributed by atoms with Gasteiger partial charge in [0.05, 0.1) is 19.7 Å². The van der Waals surface area contributed by atoms with E-state index in [1.54, 1.807) is 7.11 Å². The van der Waals surface area contributed by atoms with Gasteiger partial charge in [0.2, 0.25) is 0 Å². The van der Waals surface area contributed by atoms with E-state index in [9.17, 15) is 0 Å². The molecule has 1 aromatic heterocycles. The van der Waals surface area contributed by atoms with Crippen molar-refractivity contribution < 1.29 is 4.74 Å². The number of likely N-dealkylation sites (tertiary alicyclic amines) is 1. The maximum Gasteiger partial charge on any atom is 0.173 e. The molecular weight excluding hydrogens is 350 g/mol. The monoisotopic (exact) mass is 377 g/mol. The fraction of sp³-hybridized carbons (Fsp3) is 0.409. The van der Waals surface area contributed by atoms with Crippen LogP contribution >= 0.6 is 0 Å². The number of hydrogen-bond acceptors (Lipinski definition) is 5. The lowest BCUT2D eigenvalue weighted by atomic mass is 9.95. The van der Waals surface area contributed by atoms with Crippen LogP contribution in [0.5, 0.6) is 5.75 Å². The summed E-state index contributed by atoms with van der Waals surface area (Å²) >= 11 is 0. The molecule has 6 nitrogen and oxygen atoms in total. The Morgan fingerprint density at radius 3 is 2.43 bits per heavy atom. The Hall–Kier alpha value is -2.73. The normalized spacial score (nSPS) is 16.8. The molecule has 0 bridgehead atoms. The van der Waals surface area contributed by atoms with Crippen molar-refractivity contribution in [1.82, 2.24) is 25.1 Å². The van der Waals surface area contributed by atoms with Crippen LogP contribution in [-0.2, 0) is 6.54 Å². The molecule has 3 aromatic rings. The summed E-state index contributed by atoms with van der Waals surface area (Å²) in [5.74, 6) is 2.53. The van der Waals surface area contributed by atoms with E-state index in [2.05, 4.69) is 69.8 Å². The first-order valence-electron chi connectivity index (χ1n) is 9.92. The van der Waals surface area contributed by atoms with Gasteiger partial charge >= 0.3 is 0 Å². The molecule has 0 aliphatic carbocycles. The Kier molecular flexibility index (Phi) is 5.67. The zero-order valence-electron chi connectivity index (χ0n) is 16.5. The Morgan fingerprint density at radius 1 is 1.04 bits per heavy atom. The number of piperidine rings is 1. The number of tetrazole rings is 1.